The van der Waals surface area contributed by atoms with Crippen LogP contribution in [-0.4, -0.2) is 50.2 Å². The lowest BCUT2D eigenvalue weighted by atomic mass is 9.78. The van der Waals surface area contributed by atoms with E-state index in [1.807, 2.05) is 34.6 Å². The normalized spacial score (nSPS) is 19.4. The van der Waals surface area contributed by atoms with Crippen LogP contribution >= 0.6 is 0 Å². The zero-order valence-corrected chi connectivity index (χ0v) is 66.3. The maximum Gasteiger partial charge on any atom is 0.185 e. The van der Waals surface area contributed by atoms with Gasteiger partial charge in [0.25, 0.3) is 0 Å². The van der Waals surface area contributed by atoms with Crippen LogP contribution in [0.4, 0.5) is 0 Å². The number of aliphatic hydroxyl groups excluding tert-OH is 2. The monoisotopic (exact) mass is 1360 g/mol. The second kappa shape index (κ2) is 51.9. The highest BCUT2D eigenvalue weighted by molar-refractivity contribution is 6.25. The fourth-order valence-corrected chi connectivity index (χ4v) is 14.8. The molecule has 3 aliphatic carbocycles. The zero-order valence-electron chi connectivity index (χ0n) is 66.3. The molecule has 0 fully saturated rings. The van der Waals surface area contributed by atoms with E-state index in [4.69, 9.17) is 0 Å². The van der Waals surface area contributed by atoms with Crippen LogP contribution in [0.25, 0.3) is 0 Å². The van der Waals surface area contributed by atoms with Crippen LogP contribution in [0.5, 0.6) is 0 Å². The summed E-state index contributed by atoms with van der Waals surface area (Å²) in [5.41, 5.74) is 6.91. The minimum atomic E-state index is -0.800. The molecule has 0 heterocycles. The van der Waals surface area contributed by atoms with E-state index in [0.29, 0.717) is 75.4 Å². The van der Waals surface area contributed by atoms with Gasteiger partial charge in [-0.25, -0.2) is 0 Å². The van der Waals surface area contributed by atoms with Crippen LogP contribution in [0.2, 0.25) is 0 Å². The average Bonchev–Trinajstić information content (AvgIpc) is 0.819. The molecule has 7 nitrogen and oxygen atoms in total. The number of carbonyl (C=O) groups excluding carboxylic acids is 4. The third kappa shape index (κ3) is 39.2. The van der Waals surface area contributed by atoms with Crippen LogP contribution in [0.1, 0.15) is 400 Å². The minimum absolute atomic E-state index is 0. The van der Waals surface area contributed by atoms with Gasteiger partial charge in [0.05, 0.1) is 11.7 Å². The summed E-state index contributed by atoms with van der Waals surface area (Å²) in [5, 5.41) is 31.9. The lowest BCUT2D eigenvalue weighted by Crippen LogP contribution is -2.28. The molecule has 0 aromatic heterocycles. The van der Waals surface area contributed by atoms with Gasteiger partial charge in [-0.05, 0) is 190 Å². The predicted octanol–water partition coefficient (Wildman–Crippen LogP) is 27.3. The Labute approximate surface area is 604 Å². The van der Waals surface area contributed by atoms with E-state index >= 15 is 0 Å². The van der Waals surface area contributed by atoms with Crippen molar-refractivity contribution in [3.05, 3.63) is 67.1 Å². The second-order valence-electron chi connectivity index (χ2n) is 33.9. The zero-order chi connectivity index (χ0) is 71.6. The van der Waals surface area contributed by atoms with Crippen molar-refractivity contribution < 1.29 is 34.5 Å². The van der Waals surface area contributed by atoms with E-state index in [1.54, 1.807) is 34.6 Å². The second-order valence-corrected chi connectivity index (χ2v) is 33.9. The number of Topliss-reactive ketones (excluding diaryl/α,β-unsaturated/α-hetero) is 4. The molecule has 11 atom stereocenters. The molecule has 3 rings (SSSR count). The van der Waals surface area contributed by atoms with Crippen molar-refractivity contribution in [1.29, 1.82) is 0 Å². The van der Waals surface area contributed by atoms with Gasteiger partial charge in [0.2, 0.25) is 0 Å². The van der Waals surface area contributed by atoms with E-state index in [9.17, 15) is 34.5 Å². The third-order valence-electron chi connectivity index (χ3n) is 22.9. The van der Waals surface area contributed by atoms with Crippen molar-refractivity contribution in [1.82, 2.24) is 0 Å². The molecule has 0 amide bonds. The Morgan fingerprint density at radius 3 is 0.887 bits per heavy atom. The minimum Gasteiger partial charge on any atom is -0.508 e. The van der Waals surface area contributed by atoms with Gasteiger partial charge in [-0.15, -0.1) is 0 Å². The number of carbonyl (C=O) groups is 4. The lowest BCUT2D eigenvalue weighted by Gasteiger charge is -2.31. The first-order valence-electron chi connectivity index (χ1n) is 39.3. The summed E-state index contributed by atoms with van der Waals surface area (Å²) < 4.78 is 0. The summed E-state index contributed by atoms with van der Waals surface area (Å²) in [6, 6.07) is 0. The maximum absolute atomic E-state index is 12.6. The largest absolute Gasteiger partial charge is 0.508 e. The van der Waals surface area contributed by atoms with Gasteiger partial charge < -0.3 is 15.3 Å². The third-order valence-corrected chi connectivity index (χ3v) is 22.9. The van der Waals surface area contributed by atoms with Crippen molar-refractivity contribution in [2.24, 2.45) is 71.0 Å². The Kier molecular flexibility index (Phi) is 52.4. The quantitative estimate of drug-likeness (QED) is 0.0518. The number of hydrogen-bond acceptors (Lipinski definition) is 7. The Hall–Kier alpha value is -3.16. The SMILES string of the molecule is C.C.C.CC1=C(C)C(=O)C(CCC(C)CCC[C@H](C)CCC[C@H](C)CCCC(C)C)=C(C)C1=O.CC1=C(C)C(=O)C(CC[C@](C)(O)CCC[C@H](C)CCC[C@H](C)CCCC(C)C)=C(C)C1=O.CC1=C(C)C(O)C(CCC(C)CCC[C@H](C)CCC[C@H](C)CCCC(C)C)C(C)=C1O. The molecule has 0 radical (unpaired) electrons. The van der Waals surface area contributed by atoms with Gasteiger partial charge in [0, 0.05) is 50.5 Å². The first-order chi connectivity index (χ1) is 43.9. The molecule has 0 saturated heterocycles. The highest BCUT2D eigenvalue weighted by Crippen LogP contribution is 2.38. The van der Waals surface area contributed by atoms with E-state index < -0.39 is 11.7 Å². The molecule has 0 aromatic rings. The van der Waals surface area contributed by atoms with Crippen LogP contribution in [0, 0.1) is 71.0 Å². The fourth-order valence-electron chi connectivity index (χ4n) is 14.8. The standard InChI is InChI=1S/C29H50O3.C29H54O2.C29H50O2.3CH4/c1-20(2)12-9-13-21(3)14-10-15-22(4)16-11-18-29(8,32)19-17-26-25(7)27(30)23(5)24(6)28(26)31;2*1-20(2)12-9-13-21(3)14-10-15-22(4)16-11-17-23(5)18-19-27-26(8)28(30)24(6)25(7)29(27)31;;;/h20-22,32H,9-19H2,1-8H3;20-23,27,29-31H,9-19H2,1-8H3;20-23H,9-19H2,1-8H3;3*1H4/t21-,22-,29-;21-,22-,23?,27?,29?;21-,22-,23?;;;/m111.../s1. The van der Waals surface area contributed by atoms with E-state index in [1.165, 1.54) is 154 Å². The molecule has 0 aromatic carbocycles. The van der Waals surface area contributed by atoms with E-state index in [2.05, 4.69) is 96.9 Å². The van der Waals surface area contributed by atoms with Gasteiger partial charge in [-0.1, -0.05) is 293 Å². The van der Waals surface area contributed by atoms with Gasteiger partial charge in [-0.3, -0.25) is 19.2 Å². The number of ketones is 4. The Morgan fingerprint density at radius 2 is 0.577 bits per heavy atom. The highest BCUT2D eigenvalue weighted by atomic mass is 16.3. The summed E-state index contributed by atoms with van der Waals surface area (Å²) >= 11 is 0. The molecule has 97 heavy (non-hydrogen) atoms. The fraction of sp³-hybridized carbons (Fsp3) is 0.822. The summed E-state index contributed by atoms with van der Waals surface area (Å²) in [6.45, 7) is 51.3. The van der Waals surface area contributed by atoms with Crippen LogP contribution in [0.3, 0.4) is 0 Å². The summed E-state index contributed by atoms with van der Waals surface area (Å²) in [4.78, 5) is 49.8. The smallest absolute Gasteiger partial charge is 0.185 e. The molecular formula is C90H166O7. The number of allylic oxidation sites excluding steroid dienone is 9. The Balaban J connectivity index is -0.00000135. The molecule has 568 valence electrons. The van der Waals surface area contributed by atoms with Crippen molar-refractivity contribution in [2.75, 3.05) is 0 Å². The molecule has 3 N–H and O–H groups in total. The molecule has 7 heteroatoms. The summed E-state index contributed by atoms with van der Waals surface area (Å²) in [7, 11) is 0. The van der Waals surface area contributed by atoms with Crippen LogP contribution in [-0.2, 0) is 19.2 Å². The molecule has 0 saturated carbocycles. The van der Waals surface area contributed by atoms with Crippen molar-refractivity contribution in [3.8, 4) is 0 Å². The summed E-state index contributed by atoms with van der Waals surface area (Å²) in [6.07, 6.45) is 39.6. The van der Waals surface area contributed by atoms with Gasteiger partial charge in [-0.2, -0.15) is 0 Å². The maximum atomic E-state index is 12.6. The Morgan fingerprint density at radius 1 is 0.320 bits per heavy atom. The molecule has 0 bridgehead atoms. The van der Waals surface area contributed by atoms with Gasteiger partial charge in [0.1, 0.15) is 5.76 Å². The van der Waals surface area contributed by atoms with Crippen molar-refractivity contribution >= 4 is 23.1 Å². The number of aliphatic hydroxyl groups is 3. The molecule has 0 spiro atoms. The molecule has 0 aliphatic heterocycles. The number of hydrogen-bond donors (Lipinski definition) is 3. The predicted molar refractivity (Wildman–Crippen MR) is 426 cm³/mol. The van der Waals surface area contributed by atoms with Gasteiger partial charge >= 0.3 is 0 Å². The highest BCUT2D eigenvalue weighted by Gasteiger charge is 2.33. The number of rotatable bonds is 45. The van der Waals surface area contributed by atoms with Crippen molar-refractivity contribution in [2.45, 2.75) is 412 Å². The van der Waals surface area contributed by atoms with E-state index in [0.717, 1.165) is 115 Å². The van der Waals surface area contributed by atoms with Crippen LogP contribution < -0.4 is 0 Å². The van der Waals surface area contributed by atoms with E-state index in [-0.39, 0.29) is 51.3 Å². The summed E-state index contributed by atoms with van der Waals surface area (Å²) in [5.74, 6) is 9.30. The Bertz CT molecular complexity index is 2450. The first-order valence-corrected chi connectivity index (χ1v) is 39.3. The molecular weight excluding hydrogens is 1190 g/mol. The van der Waals surface area contributed by atoms with Gasteiger partial charge in [0.15, 0.2) is 23.1 Å². The molecule has 3 aliphatic rings. The lowest BCUT2D eigenvalue weighted by molar-refractivity contribution is -0.116. The topological polar surface area (TPSA) is 129 Å². The van der Waals surface area contributed by atoms with Crippen LogP contribution in [0.15, 0.2) is 67.1 Å². The first kappa shape index (κ1) is 98.0. The molecule has 4 unspecified atom stereocenters. The average molecular weight is 1360 g/mol. The van der Waals surface area contributed by atoms with Crippen molar-refractivity contribution in [3.63, 3.8) is 0 Å².